The van der Waals surface area contributed by atoms with Crippen LogP contribution < -0.4 is 0 Å². The number of likely N-dealkylation sites (tertiary alicyclic amines) is 1. The van der Waals surface area contributed by atoms with Gasteiger partial charge in [0.15, 0.2) is 0 Å². The lowest BCUT2D eigenvalue weighted by atomic mass is 9.68. The number of piperidine rings is 1. The monoisotopic (exact) mass is 326 g/mol. The van der Waals surface area contributed by atoms with Crippen LogP contribution in [0.15, 0.2) is 48.8 Å². The second-order valence-corrected chi connectivity index (χ2v) is 7.15. The maximum Gasteiger partial charge on any atom is 0.231 e. The molecule has 4 nitrogen and oxygen atoms in total. The lowest BCUT2D eigenvalue weighted by Crippen LogP contribution is -2.47. The number of carbonyl (C=O) groups excluding carboxylic acids is 1. The average molecular weight is 326 g/mol. The molecule has 1 fully saturated rings. The lowest BCUT2D eigenvalue weighted by molar-refractivity contribution is 0.0820. The molecule has 0 radical (unpaired) electrons. The molecule has 0 saturated carbocycles. The minimum absolute atomic E-state index is 0.0691. The summed E-state index contributed by atoms with van der Waals surface area (Å²) in [5, 5.41) is 9.78. The Morgan fingerprint density at radius 1 is 1.29 bits per heavy atom. The Labute approximate surface area is 143 Å². The van der Waals surface area contributed by atoms with Gasteiger partial charge in [0.05, 0.1) is 0 Å². The van der Waals surface area contributed by atoms with Crippen molar-refractivity contribution in [2.24, 2.45) is 5.92 Å². The maximum absolute atomic E-state index is 12.1. The van der Waals surface area contributed by atoms with Gasteiger partial charge in [0.2, 0.25) is 5.91 Å². The highest BCUT2D eigenvalue weighted by molar-refractivity contribution is 5.78. The van der Waals surface area contributed by atoms with Crippen molar-refractivity contribution in [2.75, 3.05) is 19.6 Å². The van der Waals surface area contributed by atoms with Crippen molar-refractivity contribution in [1.29, 1.82) is 0 Å². The Morgan fingerprint density at radius 2 is 2.04 bits per heavy atom. The van der Waals surface area contributed by atoms with Crippen molar-refractivity contribution in [1.82, 2.24) is 9.47 Å². The number of phenols is 1. The normalized spacial score (nSPS) is 24.8. The molecule has 2 aromatic rings. The molecule has 1 aromatic carbocycles. The van der Waals surface area contributed by atoms with Crippen molar-refractivity contribution in [3.05, 3.63) is 54.4 Å². The van der Waals surface area contributed by atoms with Crippen molar-refractivity contribution < 1.29 is 9.90 Å². The van der Waals surface area contributed by atoms with E-state index in [1.165, 1.54) is 5.56 Å². The Bertz CT molecular complexity index is 695. The molecule has 3 rings (SSSR count). The van der Waals surface area contributed by atoms with Crippen LogP contribution in [-0.4, -0.2) is 40.1 Å². The number of nitrogens with zero attached hydrogens (tertiary/aromatic N) is 2. The van der Waals surface area contributed by atoms with Crippen LogP contribution >= 0.6 is 0 Å². The van der Waals surface area contributed by atoms with Crippen LogP contribution in [0.25, 0.3) is 0 Å². The predicted octanol–water partition coefficient (Wildman–Crippen LogP) is 3.52. The molecular weight excluding hydrogens is 300 g/mol. The third kappa shape index (κ3) is 3.39. The fraction of sp³-hybridized carbons (Fsp3) is 0.450. The summed E-state index contributed by atoms with van der Waals surface area (Å²) < 4.78 is 1.66. The Kier molecular flexibility index (Phi) is 4.76. The van der Waals surface area contributed by atoms with Gasteiger partial charge in [0.25, 0.3) is 0 Å². The first-order valence-electron chi connectivity index (χ1n) is 8.67. The second-order valence-electron chi connectivity index (χ2n) is 7.15. The molecule has 4 heteroatoms. The average Bonchev–Trinajstić information content (AvgIpc) is 3.10. The Morgan fingerprint density at radius 3 is 2.71 bits per heavy atom. The van der Waals surface area contributed by atoms with Gasteiger partial charge in [0.1, 0.15) is 5.75 Å². The summed E-state index contributed by atoms with van der Waals surface area (Å²) in [6.07, 6.45) is 5.19. The number of rotatable bonds is 4. The zero-order valence-corrected chi connectivity index (χ0v) is 14.5. The highest BCUT2D eigenvalue weighted by Crippen LogP contribution is 2.40. The Hall–Kier alpha value is -2.07. The quantitative estimate of drug-likeness (QED) is 0.935. The summed E-state index contributed by atoms with van der Waals surface area (Å²) in [7, 11) is 0. The van der Waals surface area contributed by atoms with Crippen LogP contribution in [-0.2, 0) is 5.41 Å². The SMILES string of the molecule is CC1CN(CCC(=O)n2cccc2)CCC1(C)c1cccc(O)c1. The van der Waals surface area contributed by atoms with Crippen molar-refractivity contribution in [2.45, 2.75) is 32.1 Å². The minimum atomic E-state index is 0.0691. The summed E-state index contributed by atoms with van der Waals surface area (Å²) in [4.78, 5) is 14.5. The van der Waals surface area contributed by atoms with Gasteiger partial charge >= 0.3 is 0 Å². The topological polar surface area (TPSA) is 45.5 Å². The number of carbonyl (C=O) groups is 1. The van der Waals surface area contributed by atoms with Crippen LogP contribution in [0.1, 0.15) is 37.0 Å². The van der Waals surface area contributed by atoms with Crippen LogP contribution in [0, 0.1) is 5.92 Å². The van der Waals surface area contributed by atoms with Crippen LogP contribution in [0.3, 0.4) is 0 Å². The molecule has 1 aliphatic heterocycles. The molecule has 0 spiro atoms. The Balaban J connectivity index is 1.60. The van der Waals surface area contributed by atoms with Gasteiger partial charge in [-0.05, 0) is 54.1 Å². The van der Waals surface area contributed by atoms with E-state index in [1.807, 2.05) is 24.3 Å². The van der Waals surface area contributed by atoms with Gasteiger partial charge in [-0.1, -0.05) is 26.0 Å². The third-order valence-electron chi connectivity index (χ3n) is 5.61. The fourth-order valence-corrected chi connectivity index (χ4v) is 3.69. The smallest absolute Gasteiger partial charge is 0.231 e. The summed E-state index contributed by atoms with van der Waals surface area (Å²) >= 11 is 0. The maximum atomic E-state index is 12.1. The summed E-state index contributed by atoms with van der Waals surface area (Å²) in [5.74, 6) is 0.948. The summed E-state index contributed by atoms with van der Waals surface area (Å²) in [5.41, 5.74) is 1.28. The molecule has 128 valence electrons. The van der Waals surface area contributed by atoms with Crippen molar-refractivity contribution >= 4 is 5.91 Å². The molecule has 2 heterocycles. The van der Waals surface area contributed by atoms with E-state index in [1.54, 1.807) is 23.0 Å². The fourth-order valence-electron chi connectivity index (χ4n) is 3.69. The molecule has 1 aliphatic rings. The standard InChI is InChI=1S/C20H26N2O2/c1-16-15-21(12-8-19(24)22-10-3-4-11-22)13-9-20(16,2)17-6-5-7-18(23)14-17/h3-7,10-11,14,16,23H,8-9,12-13,15H2,1-2H3. The molecule has 2 atom stereocenters. The van der Waals surface area contributed by atoms with Gasteiger partial charge in [-0.3, -0.25) is 9.36 Å². The number of hydrogen-bond donors (Lipinski definition) is 1. The number of aromatic nitrogens is 1. The van der Waals surface area contributed by atoms with E-state index in [0.717, 1.165) is 26.1 Å². The summed E-state index contributed by atoms with van der Waals surface area (Å²) in [6, 6.07) is 11.4. The molecule has 2 unspecified atom stereocenters. The number of phenolic OH excluding ortho intramolecular Hbond substituents is 1. The molecule has 0 aliphatic carbocycles. The highest BCUT2D eigenvalue weighted by atomic mass is 16.3. The van der Waals surface area contributed by atoms with Gasteiger partial charge in [-0.15, -0.1) is 0 Å². The molecule has 0 amide bonds. The zero-order chi connectivity index (χ0) is 17.2. The third-order valence-corrected chi connectivity index (χ3v) is 5.61. The van der Waals surface area contributed by atoms with Crippen molar-refractivity contribution in [3.8, 4) is 5.75 Å². The molecular formula is C20H26N2O2. The zero-order valence-electron chi connectivity index (χ0n) is 14.5. The molecule has 1 N–H and O–H groups in total. The molecule has 0 bridgehead atoms. The van der Waals surface area contributed by atoms with Crippen LogP contribution in [0.2, 0.25) is 0 Å². The van der Waals surface area contributed by atoms with E-state index < -0.39 is 0 Å². The van der Waals surface area contributed by atoms with Gasteiger partial charge in [0, 0.05) is 31.9 Å². The first-order valence-corrected chi connectivity index (χ1v) is 8.67. The number of benzene rings is 1. The van der Waals surface area contributed by atoms with E-state index in [2.05, 4.69) is 24.8 Å². The van der Waals surface area contributed by atoms with E-state index in [9.17, 15) is 9.90 Å². The highest BCUT2D eigenvalue weighted by Gasteiger charge is 2.38. The minimum Gasteiger partial charge on any atom is -0.508 e. The first kappa shape index (κ1) is 16.8. The van der Waals surface area contributed by atoms with Gasteiger partial charge in [-0.25, -0.2) is 0 Å². The first-order chi connectivity index (χ1) is 11.5. The summed E-state index contributed by atoms with van der Waals surface area (Å²) in [6.45, 7) is 7.32. The number of hydrogen-bond acceptors (Lipinski definition) is 3. The lowest BCUT2D eigenvalue weighted by Gasteiger charge is -2.45. The van der Waals surface area contributed by atoms with E-state index in [0.29, 0.717) is 18.1 Å². The van der Waals surface area contributed by atoms with E-state index in [-0.39, 0.29) is 11.3 Å². The van der Waals surface area contributed by atoms with Gasteiger partial charge in [-0.2, -0.15) is 0 Å². The molecule has 24 heavy (non-hydrogen) atoms. The van der Waals surface area contributed by atoms with Crippen LogP contribution in [0.5, 0.6) is 5.75 Å². The van der Waals surface area contributed by atoms with Crippen molar-refractivity contribution in [3.63, 3.8) is 0 Å². The van der Waals surface area contributed by atoms with E-state index >= 15 is 0 Å². The van der Waals surface area contributed by atoms with E-state index in [4.69, 9.17) is 0 Å². The molecule has 1 aromatic heterocycles. The van der Waals surface area contributed by atoms with Gasteiger partial charge < -0.3 is 10.0 Å². The molecule has 1 saturated heterocycles. The number of aromatic hydroxyl groups is 1. The predicted molar refractivity (Wildman–Crippen MR) is 95.4 cm³/mol. The second kappa shape index (κ2) is 6.81. The van der Waals surface area contributed by atoms with Crippen LogP contribution in [0.4, 0.5) is 0 Å². The largest absolute Gasteiger partial charge is 0.508 e.